The lowest BCUT2D eigenvalue weighted by Crippen LogP contribution is -2.26. The van der Waals surface area contributed by atoms with Crippen molar-refractivity contribution in [2.45, 2.75) is 5.41 Å². The highest BCUT2D eigenvalue weighted by Gasteiger charge is 2.51. The van der Waals surface area contributed by atoms with Gasteiger partial charge in [-0.15, -0.1) is 0 Å². The van der Waals surface area contributed by atoms with E-state index in [2.05, 4.69) is 144 Å². The van der Waals surface area contributed by atoms with Crippen molar-refractivity contribution in [1.82, 2.24) is 0 Å². The van der Waals surface area contributed by atoms with Gasteiger partial charge in [-0.05, 0) is 87.0 Å². The molecule has 0 amide bonds. The van der Waals surface area contributed by atoms with E-state index in [1.807, 2.05) is 6.07 Å². The lowest BCUT2D eigenvalue weighted by atomic mass is 9.70. The van der Waals surface area contributed by atoms with Crippen LogP contribution in [-0.2, 0) is 5.41 Å². The number of anilines is 3. The molecule has 0 atom stereocenters. The summed E-state index contributed by atoms with van der Waals surface area (Å²) in [6, 6.07) is 51.6. The van der Waals surface area contributed by atoms with Crippen LogP contribution in [0.3, 0.4) is 0 Å². The summed E-state index contributed by atoms with van der Waals surface area (Å²) in [5.74, 6) is 0. The molecule has 0 saturated carbocycles. The second kappa shape index (κ2) is 8.65. The molecule has 0 radical (unpaired) electrons. The van der Waals surface area contributed by atoms with Gasteiger partial charge in [-0.25, -0.2) is 0 Å². The van der Waals surface area contributed by atoms with Crippen molar-refractivity contribution < 1.29 is 4.79 Å². The molecule has 2 heteroatoms. The van der Waals surface area contributed by atoms with Gasteiger partial charge in [0.25, 0.3) is 0 Å². The highest BCUT2D eigenvalue weighted by Crippen LogP contribution is 2.63. The Kier molecular flexibility index (Phi) is 4.92. The molecule has 0 heterocycles. The standard InChI is InChI=1S/C38H25NO/c40-25-26-19-21-32-33-22-20-29(39(27-11-3-1-4-12-27)28-13-5-2-6-14-28)24-37(33)38(36(32)23-26)34-17-9-7-15-30(34)31-16-8-10-18-35(31)38/h1-25H. The zero-order valence-corrected chi connectivity index (χ0v) is 21.8. The molecule has 0 fully saturated rings. The largest absolute Gasteiger partial charge is 0.310 e. The van der Waals surface area contributed by atoms with Crippen LogP contribution in [0.5, 0.6) is 0 Å². The molecule has 0 bridgehead atoms. The highest BCUT2D eigenvalue weighted by atomic mass is 16.1. The number of para-hydroxylation sites is 2. The van der Waals surface area contributed by atoms with Gasteiger partial charge in [0, 0.05) is 22.6 Å². The Balaban J connectivity index is 1.47. The Morgan fingerprint density at radius 1 is 0.425 bits per heavy atom. The third kappa shape index (κ3) is 3.02. The van der Waals surface area contributed by atoms with Gasteiger partial charge in [0.1, 0.15) is 6.29 Å². The lowest BCUT2D eigenvalue weighted by Gasteiger charge is -2.32. The third-order valence-electron chi connectivity index (χ3n) is 8.52. The maximum Gasteiger partial charge on any atom is 0.150 e. The first-order valence-electron chi connectivity index (χ1n) is 13.6. The summed E-state index contributed by atoms with van der Waals surface area (Å²) in [6.07, 6.45) is 0.960. The molecule has 2 aliphatic rings. The molecule has 0 aliphatic heterocycles. The number of carbonyl (C=O) groups excluding carboxylic acids is 1. The SMILES string of the molecule is O=Cc1ccc2c(c1)C1(c3ccccc3-c3ccccc31)c1cc(N(c3ccccc3)c3ccccc3)ccc1-2. The van der Waals surface area contributed by atoms with Crippen LogP contribution < -0.4 is 4.90 Å². The predicted molar refractivity (Wildman–Crippen MR) is 163 cm³/mol. The van der Waals surface area contributed by atoms with Crippen LogP contribution in [0.1, 0.15) is 32.6 Å². The first-order valence-corrected chi connectivity index (χ1v) is 13.6. The Hall–Kier alpha value is -5.21. The van der Waals surface area contributed by atoms with E-state index >= 15 is 0 Å². The van der Waals surface area contributed by atoms with E-state index in [9.17, 15) is 4.79 Å². The first-order chi connectivity index (χ1) is 19.8. The number of carbonyl (C=O) groups is 1. The number of benzene rings is 6. The number of fused-ring (bicyclic) bond motifs is 10. The molecule has 6 aromatic rings. The molecule has 2 aliphatic carbocycles. The van der Waals surface area contributed by atoms with Crippen LogP contribution in [0.25, 0.3) is 22.3 Å². The quantitative estimate of drug-likeness (QED) is 0.219. The highest BCUT2D eigenvalue weighted by molar-refractivity contribution is 5.97. The summed E-state index contributed by atoms with van der Waals surface area (Å²) in [4.78, 5) is 14.3. The Bertz CT molecular complexity index is 1840. The predicted octanol–water partition coefficient (Wildman–Crippen LogP) is 9.31. The second-order valence-corrected chi connectivity index (χ2v) is 10.5. The van der Waals surface area contributed by atoms with Crippen molar-refractivity contribution >= 4 is 23.3 Å². The van der Waals surface area contributed by atoms with Gasteiger partial charge in [0.15, 0.2) is 0 Å². The van der Waals surface area contributed by atoms with E-state index in [1.54, 1.807) is 0 Å². The molecule has 40 heavy (non-hydrogen) atoms. The van der Waals surface area contributed by atoms with Gasteiger partial charge in [0.2, 0.25) is 0 Å². The van der Waals surface area contributed by atoms with Crippen molar-refractivity contribution in [2.24, 2.45) is 0 Å². The van der Waals surface area contributed by atoms with Crippen molar-refractivity contribution in [3.05, 3.63) is 173 Å². The van der Waals surface area contributed by atoms with Crippen LogP contribution >= 0.6 is 0 Å². The molecular weight excluding hydrogens is 486 g/mol. The molecule has 0 unspecified atom stereocenters. The second-order valence-electron chi connectivity index (χ2n) is 10.5. The number of hydrogen-bond acceptors (Lipinski definition) is 2. The Labute approximate surface area is 233 Å². The van der Waals surface area contributed by atoms with Gasteiger partial charge < -0.3 is 4.90 Å². The van der Waals surface area contributed by atoms with E-state index in [1.165, 1.54) is 44.5 Å². The van der Waals surface area contributed by atoms with Gasteiger partial charge in [-0.2, -0.15) is 0 Å². The molecule has 2 nitrogen and oxygen atoms in total. The van der Waals surface area contributed by atoms with E-state index in [4.69, 9.17) is 0 Å². The average molecular weight is 512 g/mol. The first kappa shape index (κ1) is 22.7. The van der Waals surface area contributed by atoms with Gasteiger partial charge >= 0.3 is 0 Å². The Morgan fingerprint density at radius 3 is 1.48 bits per heavy atom. The molecule has 0 aromatic heterocycles. The van der Waals surface area contributed by atoms with E-state index in [-0.39, 0.29) is 0 Å². The molecule has 0 N–H and O–H groups in total. The lowest BCUT2D eigenvalue weighted by molar-refractivity contribution is 0.112. The number of rotatable bonds is 4. The van der Waals surface area contributed by atoms with Gasteiger partial charge in [-0.1, -0.05) is 103 Å². The van der Waals surface area contributed by atoms with Gasteiger partial charge in [0.05, 0.1) is 5.41 Å². The molecule has 1 spiro atoms. The van der Waals surface area contributed by atoms with Crippen molar-refractivity contribution in [3.8, 4) is 22.3 Å². The normalized spacial score (nSPS) is 13.3. The summed E-state index contributed by atoms with van der Waals surface area (Å²) in [5.41, 5.74) is 13.4. The summed E-state index contributed by atoms with van der Waals surface area (Å²) in [7, 11) is 0. The molecular formula is C38H25NO. The van der Waals surface area contributed by atoms with E-state index < -0.39 is 5.41 Å². The fourth-order valence-corrected chi connectivity index (χ4v) is 6.96. The van der Waals surface area contributed by atoms with Crippen LogP contribution in [0.2, 0.25) is 0 Å². The summed E-state index contributed by atoms with van der Waals surface area (Å²) in [5, 5.41) is 0. The number of nitrogens with zero attached hydrogens (tertiary/aromatic N) is 1. The maximum atomic E-state index is 12.0. The zero-order valence-electron chi connectivity index (χ0n) is 21.8. The third-order valence-corrected chi connectivity index (χ3v) is 8.52. The fraction of sp³-hybridized carbons (Fsp3) is 0.0263. The molecule has 6 aromatic carbocycles. The topological polar surface area (TPSA) is 20.3 Å². The van der Waals surface area contributed by atoms with Crippen molar-refractivity contribution in [1.29, 1.82) is 0 Å². The minimum atomic E-state index is -0.508. The zero-order chi connectivity index (χ0) is 26.7. The van der Waals surface area contributed by atoms with Crippen LogP contribution in [0.4, 0.5) is 17.1 Å². The van der Waals surface area contributed by atoms with Crippen LogP contribution in [-0.4, -0.2) is 6.29 Å². The smallest absolute Gasteiger partial charge is 0.150 e. The molecule has 0 saturated heterocycles. The maximum absolute atomic E-state index is 12.0. The number of aldehydes is 1. The molecule has 188 valence electrons. The van der Waals surface area contributed by atoms with Gasteiger partial charge in [-0.3, -0.25) is 4.79 Å². The monoisotopic (exact) mass is 511 g/mol. The Morgan fingerprint density at radius 2 is 0.900 bits per heavy atom. The van der Waals surface area contributed by atoms with Crippen molar-refractivity contribution in [2.75, 3.05) is 4.90 Å². The fourth-order valence-electron chi connectivity index (χ4n) is 6.96. The summed E-state index contributed by atoms with van der Waals surface area (Å²) >= 11 is 0. The van der Waals surface area contributed by atoms with Crippen LogP contribution in [0.15, 0.2) is 146 Å². The molecule has 8 rings (SSSR count). The minimum absolute atomic E-state index is 0.508. The number of hydrogen-bond donors (Lipinski definition) is 0. The minimum Gasteiger partial charge on any atom is -0.310 e. The van der Waals surface area contributed by atoms with Crippen molar-refractivity contribution in [3.63, 3.8) is 0 Å². The average Bonchev–Trinajstić information content (AvgIpc) is 3.49. The van der Waals surface area contributed by atoms with Crippen LogP contribution in [0, 0.1) is 0 Å². The summed E-state index contributed by atoms with van der Waals surface area (Å²) in [6.45, 7) is 0. The van der Waals surface area contributed by atoms with E-state index in [0.717, 1.165) is 23.3 Å². The van der Waals surface area contributed by atoms with E-state index in [0.29, 0.717) is 5.56 Å². The summed E-state index contributed by atoms with van der Waals surface area (Å²) < 4.78 is 0.